The first kappa shape index (κ1) is 23.1. The largest absolute Gasteiger partial charge is 0.457 e. The number of rotatable bonds is 8. The lowest BCUT2D eigenvalue weighted by atomic mass is 9.80. The molecule has 1 aromatic heterocycles. The van der Waals surface area contributed by atoms with E-state index in [2.05, 4.69) is 11.9 Å². The van der Waals surface area contributed by atoms with Crippen LogP contribution in [0.15, 0.2) is 23.3 Å². The number of hydrogen-bond acceptors (Lipinski definition) is 7. The smallest absolute Gasteiger partial charge is 0.356 e. The minimum absolute atomic E-state index is 0. The van der Waals surface area contributed by atoms with Crippen molar-refractivity contribution in [3.8, 4) is 0 Å². The Hall–Kier alpha value is -2.22. The molecule has 3 rings (SSSR count). The van der Waals surface area contributed by atoms with E-state index in [4.69, 9.17) is 19.9 Å². The third-order valence-electron chi connectivity index (χ3n) is 5.39. The van der Waals surface area contributed by atoms with Crippen molar-refractivity contribution in [2.75, 3.05) is 12.3 Å². The second-order valence-electron chi connectivity index (χ2n) is 7.49. The van der Waals surface area contributed by atoms with Crippen molar-refractivity contribution in [1.82, 2.24) is 9.55 Å². The fraction of sp³-hybridized carbons (Fsp3) is 0.650. The summed E-state index contributed by atoms with van der Waals surface area (Å²) in [6, 6.07) is 1.48. The molecule has 29 heavy (non-hydrogen) atoms. The Balaban J connectivity index is 0.00000300. The Morgan fingerprint density at radius 1 is 1.31 bits per heavy atom. The summed E-state index contributed by atoms with van der Waals surface area (Å²) in [5.74, 6) is 0.826. The van der Waals surface area contributed by atoms with E-state index in [9.17, 15) is 9.59 Å². The number of unbranched alkanes of at least 4 members (excludes halogenated alkanes) is 2. The number of aromatic nitrogens is 2. The van der Waals surface area contributed by atoms with E-state index in [1.54, 1.807) is 0 Å². The van der Waals surface area contributed by atoms with Gasteiger partial charge in [-0.3, -0.25) is 4.79 Å². The summed E-state index contributed by atoms with van der Waals surface area (Å²) in [6.07, 6.45) is 11.0. The lowest BCUT2D eigenvalue weighted by molar-refractivity contribution is -0.159. The van der Waals surface area contributed by atoms with E-state index in [-0.39, 0.29) is 42.6 Å². The first-order valence-corrected chi connectivity index (χ1v) is 10.1. The molecule has 1 aliphatic carbocycles. The van der Waals surface area contributed by atoms with Gasteiger partial charge < -0.3 is 19.9 Å². The Morgan fingerprint density at radius 3 is 2.76 bits per heavy atom. The van der Waals surface area contributed by atoms with Crippen molar-refractivity contribution in [2.24, 2.45) is 11.8 Å². The van der Waals surface area contributed by atoms with Gasteiger partial charge in [-0.05, 0) is 37.7 Å². The number of carbonyl (C=O) groups excluding carboxylic acids is 1. The summed E-state index contributed by atoms with van der Waals surface area (Å²) in [5.41, 5.74) is 4.90. The SMILES string of the molecule is CCCCCC1CCC(C(=O)OCC2OC=C(n3ccc(N)nc3=O)O2)CC1.Cl. The van der Waals surface area contributed by atoms with Crippen LogP contribution in [0, 0.1) is 11.8 Å². The van der Waals surface area contributed by atoms with Crippen LogP contribution < -0.4 is 11.4 Å². The average molecular weight is 428 g/mol. The van der Waals surface area contributed by atoms with Crippen LogP contribution in [0.3, 0.4) is 0 Å². The lowest BCUT2D eigenvalue weighted by Gasteiger charge is -2.27. The van der Waals surface area contributed by atoms with Crippen LogP contribution in [0.25, 0.3) is 5.88 Å². The van der Waals surface area contributed by atoms with Gasteiger partial charge in [-0.25, -0.2) is 9.36 Å². The summed E-state index contributed by atoms with van der Waals surface area (Å²) in [5, 5.41) is 0. The molecule has 1 unspecified atom stereocenters. The number of hydrogen-bond donors (Lipinski definition) is 1. The standard InChI is InChI=1S/C20H29N3O5.ClH/c1-2-3-4-5-14-6-8-15(9-7-14)19(24)27-13-18-26-12-17(28-18)23-11-10-16(21)22-20(23)25;/h10-12,14-15,18H,2-9,13H2,1H3,(H2,21,22,25);1H. The van der Waals surface area contributed by atoms with Gasteiger partial charge in [-0.15, -0.1) is 12.4 Å². The molecule has 0 amide bonds. The van der Waals surface area contributed by atoms with Gasteiger partial charge in [0.1, 0.15) is 12.1 Å². The molecule has 2 heterocycles. The summed E-state index contributed by atoms with van der Waals surface area (Å²) in [7, 11) is 0. The highest BCUT2D eigenvalue weighted by Gasteiger charge is 2.29. The van der Waals surface area contributed by atoms with E-state index in [0.717, 1.165) is 31.6 Å². The summed E-state index contributed by atoms with van der Waals surface area (Å²) in [4.78, 5) is 27.8. The predicted molar refractivity (Wildman–Crippen MR) is 111 cm³/mol. The zero-order chi connectivity index (χ0) is 19.9. The van der Waals surface area contributed by atoms with Gasteiger partial charge in [-0.1, -0.05) is 32.6 Å². The minimum Gasteiger partial charge on any atom is -0.457 e. The van der Waals surface area contributed by atoms with Gasteiger partial charge in [0, 0.05) is 6.20 Å². The van der Waals surface area contributed by atoms with E-state index in [0.29, 0.717) is 0 Å². The van der Waals surface area contributed by atoms with Crippen LogP contribution >= 0.6 is 12.4 Å². The molecule has 0 aromatic carbocycles. The number of ether oxygens (including phenoxy) is 3. The summed E-state index contributed by atoms with van der Waals surface area (Å²) < 4.78 is 17.4. The van der Waals surface area contributed by atoms with E-state index >= 15 is 0 Å². The molecule has 9 heteroatoms. The van der Waals surface area contributed by atoms with Crippen LogP contribution in [-0.4, -0.2) is 28.4 Å². The average Bonchev–Trinajstić information content (AvgIpc) is 3.15. The van der Waals surface area contributed by atoms with Gasteiger partial charge in [0.05, 0.1) is 5.92 Å². The molecule has 1 aliphatic heterocycles. The number of nitrogen functional groups attached to an aromatic ring is 1. The Bertz CT molecular complexity index is 759. The maximum Gasteiger partial charge on any atom is 0.356 e. The third kappa shape index (κ3) is 6.39. The molecule has 0 bridgehead atoms. The van der Waals surface area contributed by atoms with Crippen molar-refractivity contribution in [3.63, 3.8) is 0 Å². The molecule has 1 fully saturated rings. The van der Waals surface area contributed by atoms with Crippen molar-refractivity contribution in [3.05, 3.63) is 29.0 Å². The van der Waals surface area contributed by atoms with Crippen molar-refractivity contribution < 1.29 is 19.0 Å². The molecule has 0 radical (unpaired) electrons. The molecule has 2 N–H and O–H groups in total. The summed E-state index contributed by atoms with van der Waals surface area (Å²) in [6.45, 7) is 2.19. The zero-order valence-electron chi connectivity index (χ0n) is 16.7. The van der Waals surface area contributed by atoms with Crippen molar-refractivity contribution in [2.45, 2.75) is 64.6 Å². The predicted octanol–water partition coefficient (Wildman–Crippen LogP) is 3.31. The van der Waals surface area contributed by atoms with E-state index in [1.807, 2.05) is 0 Å². The van der Waals surface area contributed by atoms with Crippen molar-refractivity contribution >= 4 is 30.1 Å². The van der Waals surface area contributed by atoms with Gasteiger partial charge in [0.25, 0.3) is 6.29 Å². The number of nitrogens with zero attached hydrogens (tertiary/aromatic N) is 2. The van der Waals surface area contributed by atoms with Crippen molar-refractivity contribution in [1.29, 1.82) is 0 Å². The quantitative estimate of drug-likeness (QED) is 0.501. The lowest BCUT2D eigenvalue weighted by Crippen LogP contribution is -2.28. The minimum atomic E-state index is -0.770. The molecule has 2 aliphatic rings. The third-order valence-corrected chi connectivity index (χ3v) is 5.39. The van der Waals surface area contributed by atoms with Gasteiger partial charge >= 0.3 is 11.7 Å². The van der Waals surface area contributed by atoms with E-state index in [1.165, 1.54) is 48.8 Å². The molecule has 1 atom stereocenters. The molecule has 8 nitrogen and oxygen atoms in total. The zero-order valence-corrected chi connectivity index (χ0v) is 17.6. The van der Waals surface area contributed by atoms with Gasteiger partial charge in [0.2, 0.25) is 5.88 Å². The normalized spacial score (nSPS) is 23.3. The molecule has 162 valence electrons. The number of carbonyl (C=O) groups is 1. The number of halogens is 1. The molecular weight excluding hydrogens is 398 g/mol. The Morgan fingerprint density at radius 2 is 2.07 bits per heavy atom. The highest BCUT2D eigenvalue weighted by molar-refractivity contribution is 5.85. The highest BCUT2D eigenvalue weighted by atomic mass is 35.5. The highest BCUT2D eigenvalue weighted by Crippen LogP contribution is 2.32. The topological polar surface area (TPSA) is 106 Å². The van der Waals surface area contributed by atoms with Crippen LogP contribution in [0.2, 0.25) is 0 Å². The maximum absolute atomic E-state index is 12.3. The fourth-order valence-electron chi connectivity index (χ4n) is 3.73. The monoisotopic (exact) mass is 427 g/mol. The number of esters is 1. The maximum atomic E-state index is 12.3. The van der Waals surface area contributed by atoms with E-state index < -0.39 is 12.0 Å². The van der Waals surface area contributed by atoms with Gasteiger partial charge in [0.15, 0.2) is 6.61 Å². The number of nitrogens with two attached hydrogens (primary N) is 1. The first-order valence-electron chi connectivity index (χ1n) is 10.1. The Labute approximate surface area is 176 Å². The Kier molecular flexibility index (Phi) is 8.82. The second kappa shape index (κ2) is 11.1. The van der Waals surface area contributed by atoms with Crippen LogP contribution in [0.1, 0.15) is 58.3 Å². The molecular formula is C20H30ClN3O5. The summed E-state index contributed by atoms with van der Waals surface area (Å²) >= 11 is 0. The second-order valence-corrected chi connectivity index (χ2v) is 7.49. The van der Waals surface area contributed by atoms with Crippen LogP contribution in [0.4, 0.5) is 5.82 Å². The van der Waals surface area contributed by atoms with Crippen LogP contribution in [-0.2, 0) is 19.0 Å². The fourth-order valence-corrected chi connectivity index (χ4v) is 3.73. The molecule has 1 saturated carbocycles. The first-order chi connectivity index (χ1) is 13.6. The molecule has 0 spiro atoms. The number of anilines is 1. The van der Waals surface area contributed by atoms with Gasteiger partial charge in [-0.2, -0.15) is 4.98 Å². The van der Waals surface area contributed by atoms with Crippen LogP contribution in [0.5, 0.6) is 0 Å². The molecule has 0 saturated heterocycles. The molecule has 1 aromatic rings.